The maximum Gasteiger partial charge on any atom is 0.251 e. The van der Waals surface area contributed by atoms with Crippen molar-refractivity contribution in [3.63, 3.8) is 0 Å². The van der Waals surface area contributed by atoms with Crippen LogP contribution in [0.4, 0.5) is 4.39 Å². The highest BCUT2D eigenvalue weighted by atomic mass is 19.1. The first kappa shape index (κ1) is 12.0. The van der Waals surface area contributed by atoms with E-state index in [9.17, 15) is 14.0 Å². The number of benzene rings is 1. The van der Waals surface area contributed by atoms with Gasteiger partial charge in [0.1, 0.15) is 0 Å². The lowest BCUT2D eigenvalue weighted by Gasteiger charge is -2.05. The summed E-state index contributed by atoms with van der Waals surface area (Å²) in [6.07, 6.45) is 0. The Kier molecular flexibility index (Phi) is 3.82. The number of ether oxygens (including phenoxy) is 1. The van der Waals surface area contributed by atoms with E-state index in [1.807, 2.05) is 0 Å². The molecule has 86 valence electrons. The second-order valence-electron chi connectivity index (χ2n) is 3.00. The first-order valence-electron chi connectivity index (χ1n) is 4.44. The summed E-state index contributed by atoms with van der Waals surface area (Å²) < 4.78 is 17.7. The lowest BCUT2D eigenvalue weighted by Crippen LogP contribution is -2.33. The van der Waals surface area contributed by atoms with Gasteiger partial charge in [-0.1, -0.05) is 0 Å². The van der Waals surface area contributed by atoms with E-state index in [1.165, 1.54) is 19.2 Å². The maximum atomic E-state index is 13.0. The Balaban J connectivity index is 2.80. The van der Waals surface area contributed by atoms with Crippen LogP contribution in [0.15, 0.2) is 18.2 Å². The molecule has 0 saturated heterocycles. The fourth-order valence-corrected chi connectivity index (χ4v) is 1.07. The van der Waals surface area contributed by atoms with E-state index in [1.54, 1.807) is 0 Å². The smallest absolute Gasteiger partial charge is 0.251 e. The summed E-state index contributed by atoms with van der Waals surface area (Å²) in [5.41, 5.74) is 5.05. The van der Waals surface area contributed by atoms with Gasteiger partial charge in [-0.15, -0.1) is 0 Å². The number of nitrogens with two attached hydrogens (primary N) is 1. The van der Waals surface area contributed by atoms with E-state index in [0.717, 1.165) is 6.07 Å². The van der Waals surface area contributed by atoms with E-state index in [0.29, 0.717) is 0 Å². The average Bonchev–Trinajstić information content (AvgIpc) is 2.26. The number of hydrogen-bond donors (Lipinski definition) is 2. The van der Waals surface area contributed by atoms with Crippen molar-refractivity contribution in [2.24, 2.45) is 5.73 Å². The third kappa shape index (κ3) is 2.94. The predicted octanol–water partition coefficient (Wildman–Crippen LogP) is 0.0494. The fourth-order valence-electron chi connectivity index (χ4n) is 1.07. The van der Waals surface area contributed by atoms with Gasteiger partial charge in [-0.25, -0.2) is 4.39 Å². The van der Waals surface area contributed by atoms with E-state index < -0.39 is 17.6 Å². The number of nitrogens with one attached hydrogen (secondary N) is 1. The van der Waals surface area contributed by atoms with Crippen molar-refractivity contribution >= 4 is 11.8 Å². The lowest BCUT2D eigenvalue weighted by atomic mass is 10.2. The van der Waals surface area contributed by atoms with Crippen molar-refractivity contribution in [3.8, 4) is 5.75 Å². The van der Waals surface area contributed by atoms with Crippen LogP contribution >= 0.6 is 0 Å². The number of primary amides is 1. The zero-order valence-corrected chi connectivity index (χ0v) is 8.62. The highest BCUT2D eigenvalue weighted by Gasteiger charge is 2.10. The molecule has 0 fully saturated rings. The van der Waals surface area contributed by atoms with Crippen LogP contribution in [0, 0.1) is 5.82 Å². The first-order chi connectivity index (χ1) is 7.54. The number of methoxy groups -OCH3 is 1. The Morgan fingerprint density at radius 3 is 2.75 bits per heavy atom. The van der Waals surface area contributed by atoms with Gasteiger partial charge in [0.05, 0.1) is 13.7 Å². The number of hydrogen-bond acceptors (Lipinski definition) is 3. The van der Waals surface area contributed by atoms with E-state index in [2.05, 4.69) is 5.32 Å². The third-order valence-corrected chi connectivity index (χ3v) is 1.84. The quantitative estimate of drug-likeness (QED) is 0.761. The van der Waals surface area contributed by atoms with E-state index in [-0.39, 0.29) is 17.9 Å². The molecule has 0 saturated carbocycles. The maximum absolute atomic E-state index is 13.0. The molecule has 0 spiro atoms. The molecule has 0 heterocycles. The molecule has 1 aromatic rings. The van der Waals surface area contributed by atoms with Crippen LogP contribution in [-0.4, -0.2) is 25.5 Å². The second kappa shape index (κ2) is 5.11. The minimum Gasteiger partial charge on any atom is -0.494 e. The van der Waals surface area contributed by atoms with Crippen molar-refractivity contribution in [3.05, 3.63) is 29.6 Å². The van der Waals surface area contributed by atoms with Gasteiger partial charge in [0.25, 0.3) is 5.91 Å². The minimum absolute atomic E-state index is 0.0354. The normalized spacial score (nSPS) is 9.62. The van der Waals surface area contributed by atoms with Crippen molar-refractivity contribution < 1.29 is 18.7 Å². The highest BCUT2D eigenvalue weighted by Crippen LogP contribution is 2.17. The molecule has 0 aromatic heterocycles. The molecule has 0 atom stereocenters. The molecular formula is C10H11FN2O3. The van der Waals surface area contributed by atoms with Crippen LogP contribution < -0.4 is 15.8 Å². The summed E-state index contributed by atoms with van der Waals surface area (Å²) in [4.78, 5) is 21.9. The Bertz CT molecular complexity index is 421. The van der Waals surface area contributed by atoms with Gasteiger partial charge in [0.2, 0.25) is 5.91 Å². The molecule has 1 aromatic carbocycles. The van der Waals surface area contributed by atoms with Crippen molar-refractivity contribution in [2.75, 3.05) is 13.7 Å². The van der Waals surface area contributed by atoms with Gasteiger partial charge in [-0.3, -0.25) is 9.59 Å². The van der Waals surface area contributed by atoms with Crippen molar-refractivity contribution in [2.45, 2.75) is 0 Å². The number of amides is 2. The van der Waals surface area contributed by atoms with Crippen LogP contribution in [0.25, 0.3) is 0 Å². The van der Waals surface area contributed by atoms with Gasteiger partial charge in [-0.05, 0) is 18.2 Å². The Morgan fingerprint density at radius 1 is 1.50 bits per heavy atom. The number of rotatable bonds is 4. The van der Waals surface area contributed by atoms with Gasteiger partial charge in [0, 0.05) is 5.56 Å². The SMILES string of the molecule is COc1cc(C(=O)NCC(N)=O)ccc1F. The molecule has 1 rings (SSSR count). The summed E-state index contributed by atoms with van der Waals surface area (Å²) in [7, 11) is 1.30. The topological polar surface area (TPSA) is 81.4 Å². The number of carbonyl (C=O) groups is 2. The largest absolute Gasteiger partial charge is 0.494 e. The summed E-state index contributed by atoms with van der Waals surface area (Å²) in [5.74, 6) is -1.76. The summed E-state index contributed by atoms with van der Waals surface area (Å²) in [5, 5.41) is 2.28. The standard InChI is InChI=1S/C10H11FN2O3/c1-16-8-4-6(2-3-7(8)11)10(15)13-5-9(12)14/h2-4H,5H2,1H3,(H2,12,14)(H,13,15). The molecule has 0 bridgehead atoms. The molecule has 6 heteroatoms. The molecular weight excluding hydrogens is 215 g/mol. The highest BCUT2D eigenvalue weighted by molar-refractivity contribution is 5.96. The molecule has 0 aliphatic heterocycles. The van der Waals surface area contributed by atoms with Crippen LogP contribution in [0.2, 0.25) is 0 Å². The molecule has 2 amide bonds. The van der Waals surface area contributed by atoms with Gasteiger partial charge in [-0.2, -0.15) is 0 Å². The van der Waals surface area contributed by atoms with Gasteiger partial charge < -0.3 is 15.8 Å². The number of halogens is 1. The van der Waals surface area contributed by atoms with Gasteiger partial charge >= 0.3 is 0 Å². The van der Waals surface area contributed by atoms with Crippen LogP contribution in [0.5, 0.6) is 5.75 Å². The predicted molar refractivity (Wildman–Crippen MR) is 54.5 cm³/mol. The molecule has 16 heavy (non-hydrogen) atoms. The van der Waals surface area contributed by atoms with E-state index >= 15 is 0 Å². The van der Waals surface area contributed by atoms with Crippen LogP contribution in [0.3, 0.4) is 0 Å². The zero-order valence-electron chi connectivity index (χ0n) is 8.62. The third-order valence-electron chi connectivity index (χ3n) is 1.84. The summed E-state index contributed by atoms with van der Waals surface area (Å²) >= 11 is 0. The molecule has 0 aliphatic rings. The van der Waals surface area contributed by atoms with Crippen molar-refractivity contribution in [1.82, 2.24) is 5.32 Å². The fraction of sp³-hybridized carbons (Fsp3) is 0.200. The molecule has 0 aliphatic carbocycles. The van der Waals surface area contributed by atoms with Gasteiger partial charge in [0.15, 0.2) is 11.6 Å². The van der Waals surface area contributed by atoms with Crippen molar-refractivity contribution in [1.29, 1.82) is 0 Å². The first-order valence-corrected chi connectivity index (χ1v) is 4.44. The van der Waals surface area contributed by atoms with E-state index in [4.69, 9.17) is 10.5 Å². The monoisotopic (exact) mass is 226 g/mol. The Hall–Kier alpha value is -2.11. The minimum atomic E-state index is -0.651. The summed E-state index contributed by atoms with van der Waals surface area (Å²) in [6.45, 7) is -0.265. The molecule has 0 radical (unpaired) electrons. The number of carbonyl (C=O) groups excluding carboxylic acids is 2. The lowest BCUT2D eigenvalue weighted by molar-refractivity contribution is -0.117. The summed E-state index contributed by atoms with van der Waals surface area (Å²) in [6, 6.07) is 3.64. The average molecular weight is 226 g/mol. The molecule has 0 unspecified atom stereocenters. The Labute approximate surface area is 91.4 Å². The van der Waals surface area contributed by atoms with Crippen LogP contribution in [0.1, 0.15) is 10.4 Å². The molecule has 3 N–H and O–H groups in total. The second-order valence-corrected chi connectivity index (χ2v) is 3.00. The Morgan fingerprint density at radius 2 is 2.19 bits per heavy atom. The molecule has 5 nitrogen and oxygen atoms in total. The van der Waals surface area contributed by atoms with Crippen LogP contribution in [-0.2, 0) is 4.79 Å². The zero-order chi connectivity index (χ0) is 12.1.